The number of carbonyl (C=O) groups excluding carboxylic acids is 1. The number of nitrogens with one attached hydrogen (secondary N) is 1. The maximum Gasteiger partial charge on any atom is 0.278 e. The molecular weight excluding hydrogens is 361 g/mol. The fourth-order valence-corrected chi connectivity index (χ4v) is 2.84. The van der Waals surface area contributed by atoms with E-state index in [1.165, 1.54) is 0 Å². The van der Waals surface area contributed by atoms with E-state index in [2.05, 4.69) is 15.5 Å². The van der Waals surface area contributed by atoms with Gasteiger partial charge in [0.1, 0.15) is 0 Å². The molecule has 0 saturated heterocycles. The number of halogens is 2. The minimum Gasteiger partial charge on any atom is -0.304 e. The molecule has 0 spiro atoms. The van der Waals surface area contributed by atoms with Gasteiger partial charge in [-0.1, -0.05) is 41.4 Å². The third-order valence-corrected chi connectivity index (χ3v) is 4.40. The van der Waals surface area contributed by atoms with E-state index in [1.54, 1.807) is 21.6 Å². The molecule has 1 amide bonds. The maximum atomic E-state index is 12.4. The zero-order valence-corrected chi connectivity index (χ0v) is 15.3. The van der Waals surface area contributed by atoms with Crippen molar-refractivity contribution < 1.29 is 4.79 Å². The lowest BCUT2D eigenvalue weighted by molar-refractivity contribution is 0.102. The van der Waals surface area contributed by atoms with E-state index in [0.29, 0.717) is 29.0 Å². The maximum absolute atomic E-state index is 12.4. The Bertz CT molecular complexity index is 916. The molecule has 0 aliphatic heterocycles. The van der Waals surface area contributed by atoms with Crippen LogP contribution in [0.5, 0.6) is 0 Å². The molecule has 0 aliphatic carbocycles. The highest BCUT2D eigenvalue weighted by Gasteiger charge is 2.17. The van der Waals surface area contributed by atoms with Crippen LogP contribution in [-0.4, -0.2) is 25.5 Å². The van der Waals surface area contributed by atoms with E-state index in [1.807, 2.05) is 38.1 Å². The van der Waals surface area contributed by atoms with Gasteiger partial charge < -0.3 is 5.32 Å². The monoisotopic (exact) mass is 377 g/mol. The lowest BCUT2D eigenvalue weighted by Gasteiger charge is -2.06. The first-order chi connectivity index (χ1) is 12.0. The minimum absolute atomic E-state index is 0.182. The summed E-state index contributed by atoms with van der Waals surface area (Å²) in [4.78, 5) is 12.4. The van der Waals surface area contributed by atoms with Gasteiger partial charge in [0.25, 0.3) is 5.91 Å². The average Bonchev–Trinajstić information content (AvgIpc) is 3.12. The van der Waals surface area contributed by atoms with Crippen LogP contribution >= 0.6 is 23.2 Å². The Kier molecular flexibility index (Phi) is 5.11. The Morgan fingerprint density at radius 2 is 1.96 bits per heavy atom. The van der Waals surface area contributed by atoms with Gasteiger partial charge in [0.2, 0.25) is 0 Å². The molecule has 2 aromatic heterocycles. The van der Waals surface area contributed by atoms with E-state index in [-0.39, 0.29) is 11.6 Å². The van der Waals surface area contributed by atoms with Crippen LogP contribution in [0.25, 0.3) is 0 Å². The number of anilines is 1. The van der Waals surface area contributed by atoms with Gasteiger partial charge >= 0.3 is 0 Å². The van der Waals surface area contributed by atoms with Gasteiger partial charge in [-0.2, -0.15) is 10.2 Å². The molecule has 3 aromatic rings. The second kappa shape index (κ2) is 7.29. The van der Waals surface area contributed by atoms with Gasteiger partial charge in [0, 0.05) is 29.5 Å². The first-order valence-corrected chi connectivity index (χ1v) is 8.55. The third kappa shape index (κ3) is 3.86. The van der Waals surface area contributed by atoms with Crippen molar-refractivity contribution in [2.24, 2.45) is 0 Å². The van der Waals surface area contributed by atoms with Gasteiger partial charge in [-0.15, -0.1) is 0 Å². The molecule has 0 unspecified atom stereocenters. The number of aromatic nitrogens is 4. The molecule has 130 valence electrons. The normalized spacial score (nSPS) is 10.9. The molecule has 0 atom stereocenters. The van der Waals surface area contributed by atoms with Gasteiger partial charge in [-0.25, -0.2) is 0 Å². The molecule has 8 heteroatoms. The molecule has 0 aliphatic rings. The van der Waals surface area contributed by atoms with Gasteiger partial charge in [0.15, 0.2) is 11.5 Å². The molecule has 1 N–H and O–H groups in total. The summed E-state index contributed by atoms with van der Waals surface area (Å²) in [6.45, 7) is 4.99. The van der Waals surface area contributed by atoms with Gasteiger partial charge in [-0.05, 0) is 25.5 Å². The first-order valence-electron chi connectivity index (χ1n) is 7.80. The first kappa shape index (κ1) is 17.5. The van der Waals surface area contributed by atoms with Crippen molar-refractivity contribution in [1.82, 2.24) is 19.6 Å². The second-order valence-corrected chi connectivity index (χ2v) is 6.37. The molecule has 25 heavy (non-hydrogen) atoms. The Hall–Kier alpha value is -2.31. The number of benzene rings is 1. The summed E-state index contributed by atoms with van der Waals surface area (Å²) in [5, 5.41) is 12.3. The number of carbonyl (C=O) groups is 1. The van der Waals surface area contributed by atoms with E-state index >= 15 is 0 Å². The Morgan fingerprint density at radius 3 is 2.64 bits per heavy atom. The van der Waals surface area contributed by atoms with E-state index in [0.717, 1.165) is 11.3 Å². The van der Waals surface area contributed by atoms with Crippen LogP contribution in [0.3, 0.4) is 0 Å². The summed E-state index contributed by atoms with van der Waals surface area (Å²) >= 11 is 12.3. The van der Waals surface area contributed by atoms with Crippen LogP contribution in [0.4, 0.5) is 5.82 Å². The zero-order chi connectivity index (χ0) is 18.0. The van der Waals surface area contributed by atoms with E-state index < -0.39 is 0 Å². The van der Waals surface area contributed by atoms with Crippen LogP contribution in [-0.2, 0) is 13.1 Å². The van der Waals surface area contributed by atoms with Crippen LogP contribution in [0.2, 0.25) is 10.0 Å². The molecule has 0 saturated carbocycles. The van der Waals surface area contributed by atoms with Gasteiger partial charge in [0.05, 0.1) is 11.6 Å². The minimum atomic E-state index is -0.389. The Labute approximate surface area is 155 Å². The van der Waals surface area contributed by atoms with Crippen LogP contribution < -0.4 is 5.32 Å². The van der Waals surface area contributed by atoms with Crippen molar-refractivity contribution in [2.45, 2.75) is 26.9 Å². The number of amides is 1. The zero-order valence-electron chi connectivity index (χ0n) is 13.8. The molecule has 0 fully saturated rings. The molecule has 0 bridgehead atoms. The Morgan fingerprint density at radius 1 is 1.20 bits per heavy atom. The third-order valence-electron chi connectivity index (χ3n) is 3.76. The van der Waals surface area contributed by atoms with Crippen LogP contribution in [0, 0.1) is 6.92 Å². The van der Waals surface area contributed by atoms with Crippen molar-refractivity contribution in [1.29, 1.82) is 0 Å². The highest BCUT2D eigenvalue weighted by atomic mass is 35.5. The number of aryl methyl sites for hydroxylation is 2. The van der Waals surface area contributed by atoms with Crippen molar-refractivity contribution in [2.75, 3.05) is 5.32 Å². The smallest absolute Gasteiger partial charge is 0.278 e. The predicted molar refractivity (Wildman–Crippen MR) is 98.4 cm³/mol. The standard InChI is InChI=1S/C17H17Cl2N5O/c1-3-23-10-14(19)16(22-23)17(25)20-15-8-11(2)24(21-15)9-12-6-4-5-7-13(12)18/h4-8,10H,3,9H2,1-2H3,(H,20,21,25). The SMILES string of the molecule is CCn1cc(Cl)c(C(=O)Nc2cc(C)n(Cc3ccccc3Cl)n2)n1. The van der Waals surface area contributed by atoms with E-state index in [4.69, 9.17) is 23.2 Å². The highest BCUT2D eigenvalue weighted by molar-refractivity contribution is 6.34. The predicted octanol–water partition coefficient (Wildman–Crippen LogP) is 4.02. The number of rotatable bonds is 5. The molecule has 2 heterocycles. The summed E-state index contributed by atoms with van der Waals surface area (Å²) in [7, 11) is 0. The quantitative estimate of drug-likeness (QED) is 0.730. The highest BCUT2D eigenvalue weighted by Crippen LogP contribution is 2.19. The van der Waals surface area contributed by atoms with Crippen molar-refractivity contribution >= 4 is 34.9 Å². The fourth-order valence-electron chi connectivity index (χ4n) is 2.41. The summed E-state index contributed by atoms with van der Waals surface area (Å²) in [5.74, 6) is 0.0521. The summed E-state index contributed by atoms with van der Waals surface area (Å²) < 4.78 is 3.39. The van der Waals surface area contributed by atoms with Crippen molar-refractivity contribution in [3.05, 3.63) is 63.5 Å². The fraction of sp³-hybridized carbons (Fsp3) is 0.235. The van der Waals surface area contributed by atoms with Crippen molar-refractivity contribution in [3.63, 3.8) is 0 Å². The van der Waals surface area contributed by atoms with Crippen LogP contribution in [0.1, 0.15) is 28.7 Å². The molecule has 0 radical (unpaired) electrons. The summed E-state index contributed by atoms with van der Waals surface area (Å²) in [6, 6.07) is 9.38. The molecule has 6 nitrogen and oxygen atoms in total. The van der Waals surface area contributed by atoms with E-state index in [9.17, 15) is 4.79 Å². The topological polar surface area (TPSA) is 64.7 Å². The number of nitrogens with zero attached hydrogens (tertiary/aromatic N) is 4. The number of hydrogen-bond donors (Lipinski definition) is 1. The molecule has 3 rings (SSSR count). The summed E-state index contributed by atoms with van der Waals surface area (Å²) in [5.41, 5.74) is 2.04. The lowest BCUT2D eigenvalue weighted by Crippen LogP contribution is -2.14. The molecular formula is C17H17Cl2N5O. The summed E-state index contributed by atoms with van der Waals surface area (Å²) in [6.07, 6.45) is 1.62. The van der Waals surface area contributed by atoms with Crippen LogP contribution in [0.15, 0.2) is 36.5 Å². The second-order valence-electron chi connectivity index (χ2n) is 5.56. The Balaban J connectivity index is 1.77. The van der Waals surface area contributed by atoms with Gasteiger partial charge in [-0.3, -0.25) is 14.2 Å². The lowest BCUT2D eigenvalue weighted by atomic mass is 10.2. The molecule has 1 aromatic carbocycles. The number of hydrogen-bond acceptors (Lipinski definition) is 3. The largest absolute Gasteiger partial charge is 0.304 e. The van der Waals surface area contributed by atoms with Crippen molar-refractivity contribution in [3.8, 4) is 0 Å². The average molecular weight is 378 g/mol.